The summed E-state index contributed by atoms with van der Waals surface area (Å²) in [5, 5.41) is 6.34. The van der Waals surface area contributed by atoms with Gasteiger partial charge in [-0.2, -0.15) is 0 Å². The first kappa shape index (κ1) is 38.3. The van der Waals surface area contributed by atoms with Crippen LogP contribution in [0.5, 0.6) is 11.5 Å². The molecule has 0 bridgehead atoms. The zero-order valence-corrected chi connectivity index (χ0v) is 36.9. The highest BCUT2D eigenvalue weighted by molar-refractivity contribution is 7.48. The fourth-order valence-electron chi connectivity index (χ4n) is 8.31. The molecule has 1 aliphatic rings. The van der Waals surface area contributed by atoms with Gasteiger partial charge in [-0.1, -0.05) is 177 Å². The second-order valence-corrected chi connectivity index (χ2v) is 22.9. The molecule has 0 amide bonds. The van der Waals surface area contributed by atoms with Gasteiger partial charge in [0, 0.05) is 11.1 Å². The quantitative estimate of drug-likeness (QED) is 0.118. The molecule has 54 heavy (non-hydrogen) atoms. The lowest BCUT2D eigenvalue weighted by Crippen LogP contribution is -2.25. The summed E-state index contributed by atoms with van der Waals surface area (Å²) in [7, 11) is -6.71. The third-order valence-corrected chi connectivity index (χ3v) is 17.0. The van der Waals surface area contributed by atoms with Gasteiger partial charge in [0.05, 0.1) is 19.0 Å². The van der Waals surface area contributed by atoms with Crippen LogP contribution < -0.4 is 19.4 Å². The second kappa shape index (κ2) is 15.0. The van der Waals surface area contributed by atoms with Crippen molar-refractivity contribution in [3.63, 3.8) is 0 Å². The molecule has 0 aliphatic carbocycles. The number of rotatable bonds is 9. The summed E-state index contributed by atoms with van der Waals surface area (Å²) in [4.78, 5) is 11.7. The lowest BCUT2D eigenvalue weighted by Gasteiger charge is -2.23. The molecule has 7 rings (SSSR count). The first-order valence-electron chi connectivity index (χ1n) is 19.7. The minimum atomic E-state index is -4.57. The summed E-state index contributed by atoms with van der Waals surface area (Å²) in [5.74, 6) is 1.03. The van der Waals surface area contributed by atoms with Gasteiger partial charge in [0.1, 0.15) is 11.5 Å². The second-order valence-electron chi connectivity index (χ2n) is 17.3. The molecule has 0 fully saturated rings. The van der Waals surface area contributed by atoms with E-state index in [1.54, 1.807) is 0 Å². The average molecular weight is 771 g/mol. The zero-order valence-electron chi connectivity index (χ0n) is 33.2. The lowest BCUT2D eigenvalue weighted by molar-refractivity contribution is 0.296. The molecule has 1 N–H and O–H groups in total. The third kappa shape index (κ3) is 7.77. The van der Waals surface area contributed by atoms with E-state index in [9.17, 15) is 9.46 Å². The van der Waals surface area contributed by atoms with Crippen molar-refractivity contribution in [2.24, 2.45) is 0 Å². The third-order valence-electron chi connectivity index (χ3n) is 11.4. The Labute approximate surface area is 326 Å². The number of phosphoric ester groups is 1. The summed E-state index contributed by atoms with van der Waals surface area (Å²) in [6.07, 6.45) is 3.07. The van der Waals surface area contributed by atoms with Crippen molar-refractivity contribution in [3.05, 3.63) is 131 Å². The summed E-state index contributed by atoms with van der Waals surface area (Å²) in [6, 6.07) is 39.5. The van der Waals surface area contributed by atoms with E-state index in [1.807, 2.05) is 0 Å². The highest BCUT2D eigenvalue weighted by Crippen LogP contribution is 2.56. The van der Waals surface area contributed by atoms with E-state index in [-0.39, 0.29) is 10.8 Å². The average Bonchev–Trinajstić information content (AvgIpc) is 3.26. The van der Waals surface area contributed by atoms with Gasteiger partial charge in [0.2, 0.25) is 0 Å². The number of phosphoric acid groups is 1. The molecule has 0 saturated carbocycles. The molecular weight excluding hydrogens is 716 g/mol. The van der Waals surface area contributed by atoms with Crippen molar-refractivity contribution in [2.75, 3.05) is 0 Å². The molecule has 7 heteroatoms. The van der Waals surface area contributed by atoms with E-state index in [2.05, 4.69) is 165 Å². The standard InChI is InChI=1S/C47H55O4PSi2/c1-9-15-39(31-22-26-35(27-23-31)47(6,7)8)54-41-29-33-17-12-14-19-37(33)43-42-36-18-13-11-16-32(36)28-40(44(42)50-52(48,49)51-45(41)43)53-38(10-2)30-20-24-34(25-21-30)46(3,4)5/h11-14,16-29,38-39H,9-10,15,53-54H2,1-8H3,(H,48,49). The van der Waals surface area contributed by atoms with Crippen LogP contribution in [0.2, 0.25) is 0 Å². The van der Waals surface area contributed by atoms with E-state index in [0.29, 0.717) is 22.6 Å². The molecule has 280 valence electrons. The van der Waals surface area contributed by atoms with E-state index >= 15 is 0 Å². The number of hydrogen-bond acceptors (Lipinski definition) is 3. The number of benzene rings is 6. The molecule has 6 aromatic carbocycles. The summed E-state index contributed by atoms with van der Waals surface area (Å²) < 4.78 is 27.0. The fraction of sp³-hybridized carbons (Fsp3) is 0.319. The largest absolute Gasteiger partial charge is 0.584 e. The van der Waals surface area contributed by atoms with Crippen LogP contribution in [0.15, 0.2) is 109 Å². The normalized spacial score (nSPS) is 17.4. The fourth-order valence-corrected chi connectivity index (χ4v) is 14.0. The van der Waals surface area contributed by atoms with Gasteiger partial charge >= 0.3 is 7.82 Å². The lowest BCUT2D eigenvalue weighted by atomic mass is 9.86. The van der Waals surface area contributed by atoms with Crippen molar-refractivity contribution in [1.82, 2.24) is 0 Å². The van der Waals surface area contributed by atoms with Crippen molar-refractivity contribution in [1.29, 1.82) is 0 Å². The molecular formula is C47H55O4PSi2. The minimum absolute atomic E-state index is 0.0773. The van der Waals surface area contributed by atoms with Gasteiger partial charge in [-0.15, -0.1) is 0 Å². The molecule has 3 atom stereocenters. The van der Waals surface area contributed by atoms with Gasteiger partial charge in [-0.3, -0.25) is 4.89 Å². The molecule has 1 aliphatic heterocycles. The molecule has 0 radical (unpaired) electrons. The van der Waals surface area contributed by atoms with E-state index in [1.165, 1.54) is 22.3 Å². The van der Waals surface area contributed by atoms with E-state index in [4.69, 9.17) is 9.05 Å². The Hall–Kier alpha value is -3.94. The summed E-state index contributed by atoms with van der Waals surface area (Å²) in [5.41, 5.74) is 7.85. The number of fused-ring (bicyclic) bond motifs is 7. The van der Waals surface area contributed by atoms with Crippen LogP contribution in [0.1, 0.15) is 108 Å². The van der Waals surface area contributed by atoms with Gasteiger partial charge in [-0.25, -0.2) is 4.57 Å². The molecule has 6 aromatic rings. The maximum atomic E-state index is 14.3. The van der Waals surface area contributed by atoms with Crippen LogP contribution in [0, 0.1) is 0 Å². The van der Waals surface area contributed by atoms with Crippen LogP contribution in [0.4, 0.5) is 0 Å². The predicted octanol–water partition coefficient (Wildman–Crippen LogP) is 10.4. The van der Waals surface area contributed by atoms with E-state index in [0.717, 1.165) is 62.3 Å². The van der Waals surface area contributed by atoms with Crippen LogP contribution >= 0.6 is 7.82 Å². The van der Waals surface area contributed by atoms with Crippen LogP contribution in [-0.2, 0) is 15.4 Å². The Bertz CT molecular complexity index is 2350. The monoisotopic (exact) mass is 770 g/mol. The molecule has 3 unspecified atom stereocenters. The SMILES string of the molecule is CCCC([SiH2]c1cc2ccccc2c2c1OP(=O)(O)Oc1c([SiH2]C(CC)c3ccc(C(C)(C)C)cc3)cc3ccccc3c1-2)c1ccc(C(C)(C)C)cc1. The van der Waals surface area contributed by atoms with Gasteiger partial charge in [0.25, 0.3) is 0 Å². The Balaban J connectivity index is 1.43. The maximum Gasteiger partial charge on any atom is 0.584 e. The smallest absolute Gasteiger partial charge is 0.395 e. The first-order valence-corrected chi connectivity index (χ1v) is 24.2. The Morgan fingerprint density at radius 1 is 0.611 bits per heavy atom. The molecule has 0 saturated heterocycles. The zero-order chi connectivity index (χ0) is 38.4. The van der Waals surface area contributed by atoms with Gasteiger partial charge in [-0.05, 0) is 82.5 Å². The summed E-state index contributed by atoms with van der Waals surface area (Å²) >= 11 is 0. The minimum Gasteiger partial charge on any atom is -0.395 e. The Morgan fingerprint density at radius 2 is 1.02 bits per heavy atom. The Kier molecular flexibility index (Phi) is 10.6. The van der Waals surface area contributed by atoms with Crippen LogP contribution in [0.3, 0.4) is 0 Å². The molecule has 0 spiro atoms. The van der Waals surface area contributed by atoms with E-state index < -0.39 is 26.9 Å². The molecule has 0 aromatic heterocycles. The van der Waals surface area contributed by atoms with Crippen molar-refractivity contribution in [3.8, 4) is 22.6 Å². The summed E-state index contributed by atoms with van der Waals surface area (Å²) in [6.45, 7) is 18.0. The van der Waals surface area contributed by atoms with Crippen LogP contribution in [-0.4, -0.2) is 23.9 Å². The van der Waals surface area contributed by atoms with Gasteiger partial charge < -0.3 is 9.05 Å². The predicted molar refractivity (Wildman–Crippen MR) is 235 cm³/mol. The maximum absolute atomic E-state index is 14.3. The molecule has 1 heterocycles. The van der Waals surface area contributed by atoms with Crippen LogP contribution in [0.25, 0.3) is 32.7 Å². The number of hydrogen-bond donors (Lipinski definition) is 1. The highest BCUT2D eigenvalue weighted by Gasteiger charge is 2.38. The van der Waals surface area contributed by atoms with Gasteiger partial charge in [0.15, 0.2) is 0 Å². The highest BCUT2D eigenvalue weighted by atomic mass is 31.2. The Morgan fingerprint density at radius 3 is 1.43 bits per heavy atom. The van der Waals surface area contributed by atoms with Crippen molar-refractivity contribution in [2.45, 2.75) is 96.6 Å². The topological polar surface area (TPSA) is 55.8 Å². The van der Waals surface area contributed by atoms with Crippen molar-refractivity contribution < 1.29 is 18.5 Å². The molecule has 4 nitrogen and oxygen atoms in total. The first-order chi connectivity index (χ1) is 25.7. The van der Waals surface area contributed by atoms with Crippen molar-refractivity contribution >= 4 is 58.8 Å².